The third kappa shape index (κ3) is 13.1. The van der Waals surface area contributed by atoms with Gasteiger partial charge in [-0.25, -0.2) is 4.79 Å². The van der Waals surface area contributed by atoms with Gasteiger partial charge < -0.3 is 37.6 Å². The zero-order chi connectivity index (χ0) is 27.1. The van der Waals surface area contributed by atoms with E-state index >= 15 is 0 Å². The molecular weight excluding hydrogens is 458 g/mol. The molecule has 5 unspecified atom stereocenters. The number of amides is 3. The Kier molecular flexibility index (Phi) is 15.5. The van der Waals surface area contributed by atoms with Gasteiger partial charge >= 0.3 is 11.9 Å². The van der Waals surface area contributed by atoms with E-state index in [9.17, 15) is 29.1 Å². The zero-order valence-corrected chi connectivity index (χ0v) is 21.2. The fraction of sp³-hybridized carbons (Fsp3) is 0.783. The molecule has 0 radical (unpaired) electrons. The molecule has 0 spiro atoms. The normalized spacial score (nSPS) is 15.4. The number of nitrogens with two attached hydrogens (primary N) is 2. The maximum absolute atomic E-state index is 13.1. The zero-order valence-electron chi connectivity index (χ0n) is 21.2. The molecule has 35 heavy (non-hydrogen) atoms. The summed E-state index contributed by atoms with van der Waals surface area (Å²) in [6.07, 6.45) is 1.67. The summed E-state index contributed by atoms with van der Waals surface area (Å²) in [4.78, 5) is 60.9. The van der Waals surface area contributed by atoms with Gasteiger partial charge in [0.25, 0.3) is 0 Å². The Balaban J connectivity index is 5.56. The fourth-order valence-corrected chi connectivity index (χ4v) is 3.40. The summed E-state index contributed by atoms with van der Waals surface area (Å²) in [6.45, 7) is 7.79. The van der Waals surface area contributed by atoms with E-state index in [0.29, 0.717) is 32.2 Å². The average molecular weight is 502 g/mol. The number of aliphatic carboxylic acids is 2. The van der Waals surface area contributed by atoms with Crippen molar-refractivity contribution in [1.29, 1.82) is 0 Å². The van der Waals surface area contributed by atoms with E-state index in [0.717, 1.165) is 0 Å². The average Bonchev–Trinajstić information content (AvgIpc) is 2.77. The van der Waals surface area contributed by atoms with Gasteiger partial charge in [-0.1, -0.05) is 34.1 Å². The first-order valence-electron chi connectivity index (χ1n) is 12.1. The molecule has 12 nitrogen and oxygen atoms in total. The van der Waals surface area contributed by atoms with Crippen LogP contribution in [0.2, 0.25) is 0 Å². The lowest BCUT2D eigenvalue weighted by atomic mass is 9.96. The summed E-state index contributed by atoms with van der Waals surface area (Å²) >= 11 is 0. The van der Waals surface area contributed by atoms with Crippen molar-refractivity contribution >= 4 is 29.7 Å². The van der Waals surface area contributed by atoms with E-state index in [4.69, 9.17) is 16.6 Å². The predicted octanol–water partition coefficient (Wildman–Crippen LogP) is -0.0613. The fourth-order valence-electron chi connectivity index (χ4n) is 3.40. The highest BCUT2D eigenvalue weighted by Crippen LogP contribution is 2.12. The van der Waals surface area contributed by atoms with Crippen molar-refractivity contribution in [3.63, 3.8) is 0 Å². The van der Waals surface area contributed by atoms with Crippen LogP contribution >= 0.6 is 0 Å². The highest BCUT2D eigenvalue weighted by Gasteiger charge is 2.32. The van der Waals surface area contributed by atoms with E-state index in [2.05, 4.69) is 16.0 Å². The summed E-state index contributed by atoms with van der Waals surface area (Å²) in [5, 5.41) is 25.8. The number of carbonyl (C=O) groups excluding carboxylic acids is 3. The minimum atomic E-state index is -1.42. The molecule has 0 saturated carbocycles. The van der Waals surface area contributed by atoms with E-state index < -0.39 is 60.2 Å². The second-order valence-electron chi connectivity index (χ2n) is 9.29. The lowest BCUT2D eigenvalue weighted by molar-refractivity contribution is -0.143. The Morgan fingerprint density at radius 1 is 0.829 bits per heavy atom. The van der Waals surface area contributed by atoms with Gasteiger partial charge in [0.1, 0.15) is 18.1 Å². The Bertz CT molecular complexity index is 716. The number of carbonyl (C=O) groups is 5. The first-order chi connectivity index (χ1) is 16.3. The molecule has 0 aliphatic rings. The van der Waals surface area contributed by atoms with Gasteiger partial charge in [0.2, 0.25) is 17.7 Å². The molecule has 0 aromatic rings. The largest absolute Gasteiger partial charge is 0.481 e. The number of carboxylic acid groups (broad SMARTS) is 2. The Morgan fingerprint density at radius 2 is 1.43 bits per heavy atom. The standard InChI is InChI=1S/C23H43N5O7/c1-5-14(4)19(22(33)27-17(23(34)35)9-10-18(29)30)28-21(32)16(8-6-7-11-24)26-20(31)15(25)12-13(2)3/h13-17,19H,5-12,24-25H2,1-4H3,(H,26,31)(H,27,33)(H,28,32)(H,29,30)(H,34,35). The van der Waals surface area contributed by atoms with Crippen LogP contribution in [0.15, 0.2) is 0 Å². The second kappa shape index (κ2) is 16.8. The number of hydrogen-bond acceptors (Lipinski definition) is 7. The molecule has 0 rings (SSSR count). The van der Waals surface area contributed by atoms with Crippen LogP contribution in [0.4, 0.5) is 0 Å². The van der Waals surface area contributed by atoms with E-state index in [-0.39, 0.29) is 24.7 Å². The maximum atomic E-state index is 13.1. The van der Waals surface area contributed by atoms with Gasteiger partial charge in [-0.15, -0.1) is 0 Å². The highest BCUT2D eigenvalue weighted by atomic mass is 16.4. The number of carboxylic acids is 2. The van der Waals surface area contributed by atoms with E-state index in [1.165, 1.54) is 0 Å². The summed E-state index contributed by atoms with van der Waals surface area (Å²) in [5.41, 5.74) is 11.5. The molecule has 0 heterocycles. The summed E-state index contributed by atoms with van der Waals surface area (Å²) in [6, 6.07) is -4.25. The summed E-state index contributed by atoms with van der Waals surface area (Å²) < 4.78 is 0. The van der Waals surface area contributed by atoms with Gasteiger partial charge in [-0.05, 0) is 50.5 Å². The molecular formula is C23H43N5O7. The Labute approximate surface area is 206 Å². The van der Waals surface area contributed by atoms with Gasteiger partial charge in [0, 0.05) is 6.42 Å². The van der Waals surface area contributed by atoms with Crippen LogP contribution in [-0.4, -0.2) is 70.6 Å². The first-order valence-corrected chi connectivity index (χ1v) is 12.1. The molecule has 0 aromatic carbocycles. The molecule has 0 aliphatic carbocycles. The first kappa shape index (κ1) is 32.3. The van der Waals surface area contributed by atoms with Gasteiger partial charge in [0.05, 0.1) is 6.04 Å². The van der Waals surface area contributed by atoms with Crippen molar-refractivity contribution in [3.8, 4) is 0 Å². The lowest BCUT2D eigenvalue weighted by Gasteiger charge is -2.28. The Morgan fingerprint density at radius 3 is 1.91 bits per heavy atom. The van der Waals surface area contributed by atoms with Crippen molar-refractivity contribution in [2.45, 2.75) is 96.8 Å². The SMILES string of the molecule is CCC(C)C(NC(=O)C(CCCCN)NC(=O)C(N)CC(C)C)C(=O)NC(CCC(=O)O)C(=O)O. The van der Waals surface area contributed by atoms with Gasteiger partial charge in [0.15, 0.2) is 0 Å². The molecule has 0 aromatic heterocycles. The van der Waals surface area contributed by atoms with Crippen LogP contribution in [0.25, 0.3) is 0 Å². The quantitative estimate of drug-likeness (QED) is 0.125. The van der Waals surface area contributed by atoms with Crippen LogP contribution < -0.4 is 27.4 Å². The summed E-state index contributed by atoms with van der Waals surface area (Å²) in [7, 11) is 0. The number of rotatable bonds is 18. The number of nitrogens with one attached hydrogen (secondary N) is 3. The molecule has 5 atom stereocenters. The summed E-state index contributed by atoms with van der Waals surface area (Å²) in [5.74, 6) is -4.56. The van der Waals surface area contributed by atoms with Gasteiger partial charge in [-0.2, -0.15) is 0 Å². The maximum Gasteiger partial charge on any atom is 0.326 e. The predicted molar refractivity (Wildman–Crippen MR) is 130 cm³/mol. The van der Waals surface area contributed by atoms with Crippen molar-refractivity contribution in [2.24, 2.45) is 23.3 Å². The molecule has 0 aliphatic heterocycles. The molecule has 3 amide bonds. The van der Waals surface area contributed by atoms with Crippen LogP contribution in [0.1, 0.15) is 72.6 Å². The molecule has 0 bridgehead atoms. The molecule has 0 saturated heterocycles. The molecule has 9 N–H and O–H groups in total. The van der Waals surface area contributed by atoms with Crippen LogP contribution in [0.3, 0.4) is 0 Å². The molecule has 0 fully saturated rings. The van der Waals surface area contributed by atoms with E-state index in [1.54, 1.807) is 6.92 Å². The highest BCUT2D eigenvalue weighted by molar-refractivity contribution is 5.94. The number of hydrogen-bond donors (Lipinski definition) is 7. The Hall–Kier alpha value is -2.73. The lowest BCUT2D eigenvalue weighted by Crippen LogP contribution is -2.58. The minimum absolute atomic E-state index is 0.182. The van der Waals surface area contributed by atoms with E-state index in [1.807, 2.05) is 20.8 Å². The third-order valence-electron chi connectivity index (χ3n) is 5.70. The molecule has 12 heteroatoms. The topological polar surface area (TPSA) is 214 Å². The van der Waals surface area contributed by atoms with Crippen molar-refractivity contribution in [3.05, 3.63) is 0 Å². The van der Waals surface area contributed by atoms with Crippen molar-refractivity contribution in [1.82, 2.24) is 16.0 Å². The van der Waals surface area contributed by atoms with Crippen molar-refractivity contribution in [2.75, 3.05) is 6.54 Å². The smallest absolute Gasteiger partial charge is 0.326 e. The second-order valence-corrected chi connectivity index (χ2v) is 9.29. The van der Waals surface area contributed by atoms with Crippen molar-refractivity contribution < 1.29 is 34.2 Å². The third-order valence-corrected chi connectivity index (χ3v) is 5.70. The van der Waals surface area contributed by atoms with Crippen LogP contribution in [0.5, 0.6) is 0 Å². The number of unbranched alkanes of at least 4 members (excludes halogenated alkanes) is 1. The minimum Gasteiger partial charge on any atom is -0.481 e. The van der Waals surface area contributed by atoms with Crippen LogP contribution in [-0.2, 0) is 24.0 Å². The van der Waals surface area contributed by atoms with Crippen LogP contribution in [0, 0.1) is 11.8 Å². The molecule has 202 valence electrons. The van der Waals surface area contributed by atoms with Gasteiger partial charge in [-0.3, -0.25) is 19.2 Å². The monoisotopic (exact) mass is 501 g/mol.